The highest BCUT2D eigenvalue weighted by atomic mass is 16.3. The van der Waals surface area contributed by atoms with E-state index in [2.05, 4.69) is 25.2 Å². The summed E-state index contributed by atoms with van der Waals surface area (Å²) in [4.78, 5) is 0. The van der Waals surface area contributed by atoms with Crippen LogP contribution in [0.2, 0.25) is 0 Å². The molecule has 1 aromatic heterocycles. The number of unbranched alkanes of at least 4 members (excludes halogenated alkanes) is 5. The molecule has 1 heterocycles. The molecule has 1 N–H and O–H groups in total. The van der Waals surface area contributed by atoms with Crippen molar-refractivity contribution in [3.05, 3.63) is 24.2 Å². The van der Waals surface area contributed by atoms with Crippen LogP contribution in [0.15, 0.2) is 22.8 Å². The molecule has 0 aliphatic carbocycles. The summed E-state index contributed by atoms with van der Waals surface area (Å²) in [7, 11) is 0. The second kappa shape index (κ2) is 10.2. The minimum atomic E-state index is 0.408. The Hall–Kier alpha value is -0.760. The van der Waals surface area contributed by atoms with Gasteiger partial charge in [0.15, 0.2) is 0 Å². The van der Waals surface area contributed by atoms with Crippen molar-refractivity contribution in [2.24, 2.45) is 0 Å². The fourth-order valence-corrected chi connectivity index (χ4v) is 2.28. The summed E-state index contributed by atoms with van der Waals surface area (Å²) in [6.07, 6.45) is 12.3. The third-order valence-electron chi connectivity index (χ3n) is 3.37. The van der Waals surface area contributed by atoms with Gasteiger partial charge in [0.1, 0.15) is 5.76 Å². The van der Waals surface area contributed by atoms with Crippen LogP contribution in [0.1, 0.15) is 77.0 Å². The summed E-state index contributed by atoms with van der Waals surface area (Å²) in [5.41, 5.74) is 0. The van der Waals surface area contributed by atoms with E-state index in [0.29, 0.717) is 6.04 Å². The summed E-state index contributed by atoms with van der Waals surface area (Å²) in [5.74, 6) is 1.09. The van der Waals surface area contributed by atoms with Gasteiger partial charge in [0.05, 0.1) is 12.3 Å². The van der Waals surface area contributed by atoms with Gasteiger partial charge in [-0.25, -0.2) is 0 Å². The molecule has 104 valence electrons. The molecule has 1 aromatic rings. The molecule has 0 bridgehead atoms. The maximum atomic E-state index is 5.53. The van der Waals surface area contributed by atoms with Gasteiger partial charge in [0.2, 0.25) is 0 Å². The molecule has 1 unspecified atom stereocenters. The molecule has 1 atom stereocenters. The molecule has 0 aliphatic heterocycles. The highest BCUT2D eigenvalue weighted by Gasteiger charge is 2.12. The number of hydrogen-bond acceptors (Lipinski definition) is 2. The first-order valence-electron chi connectivity index (χ1n) is 7.65. The Bertz CT molecular complexity index is 269. The van der Waals surface area contributed by atoms with E-state index in [-0.39, 0.29) is 0 Å². The van der Waals surface area contributed by atoms with Gasteiger partial charge in [-0.1, -0.05) is 52.4 Å². The van der Waals surface area contributed by atoms with Crippen LogP contribution in [0, 0.1) is 0 Å². The molecule has 18 heavy (non-hydrogen) atoms. The van der Waals surface area contributed by atoms with Crippen molar-refractivity contribution < 1.29 is 4.42 Å². The third-order valence-corrected chi connectivity index (χ3v) is 3.37. The van der Waals surface area contributed by atoms with Gasteiger partial charge in [-0.05, 0) is 31.5 Å². The Balaban J connectivity index is 2.20. The van der Waals surface area contributed by atoms with Crippen molar-refractivity contribution in [3.8, 4) is 0 Å². The topological polar surface area (TPSA) is 25.2 Å². The first-order chi connectivity index (χ1) is 8.88. The minimum Gasteiger partial charge on any atom is -0.468 e. The summed E-state index contributed by atoms with van der Waals surface area (Å²) >= 11 is 0. The normalized spacial score (nSPS) is 12.8. The smallest absolute Gasteiger partial charge is 0.120 e. The van der Waals surface area contributed by atoms with Crippen LogP contribution in [0.3, 0.4) is 0 Å². The molecule has 0 saturated heterocycles. The molecule has 0 fully saturated rings. The van der Waals surface area contributed by atoms with Gasteiger partial charge in [0.25, 0.3) is 0 Å². The van der Waals surface area contributed by atoms with Crippen molar-refractivity contribution in [2.75, 3.05) is 6.54 Å². The van der Waals surface area contributed by atoms with Gasteiger partial charge in [-0.15, -0.1) is 0 Å². The number of rotatable bonds is 11. The standard InChI is InChI=1S/C16H29NO/c1-3-5-6-7-8-9-11-15(17-13-4-2)16-12-10-14-18-16/h10,12,14-15,17H,3-9,11,13H2,1-2H3. The zero-order valence-electron chi connectivity index (χ0n) is 12.1. The molecule has 0 aliphatic rings. The predicted molar refractivity (Wildman–Crippen MR) is 77.7 cm³/mol. The molecule has 1 rings (SSSR count). The van der Waals surface area contributed by atoms with E-state index in [4.69, 9.17) is 4.42 Å². The number of hydrogen-bond donors (Lipinski definition) is 1. The highest BCUT2D eigenvalue weighted by molar-refractivity contribution is 5.04. The van der Waals surface area contributed by atoms with E-state index in [1.807, 2.05) is 6.07 Å². The monoisotopic (exact) mass is 251 g/mol. The molecule has 0 spiro atoms. The van der Waals surface area contributed by atoms with Gasteiger partial charge >= 0.3 is 0 Å². The van der Waals surface area contributed by atoms with E-state index in [1.54, 1.807) is 6.26 Å². The first kappa shape index (κ1) is 15.3. The lowest BCUT2D eigenvalue weighted by Gasteiger charge is -2.16. The summed E-state index contributed by atoms with van der Waals surface area (Å²) in [6.45, 7) is 5.54. The number of nitrogens with one attached hydrogen (secondary N) is 1. The Morgan fingerprint density at radius 1 is 1.06 bits per heavy atom. The van der Waals surface area contributed by atoms with Crippen molar-refractivity contribution >= 4 is 0 Å². The quantitative estimate of drug-likeness (QED) is 0.555. The van der Waals surface area contributed by atoms with Crippen LogP contribution in [0.4, 0.5) is 0 Å². The maximum absolute atomic E-state index is 5.53. The van der Waals surface area contributed by atoms with Gasteiger partial charge in [0, 0.05) is 0 Å². The molecule has 0 saturated carbocycles. The second-order valence-electron chi connectivity index (χ2n) is 5.08. The lowest BCUT2D eigenvalue weighted by Crippen LogP contribution is -2.21. The fraction of sp³-hybridized carbons (Fsp3) is 0.750. The Kier molecular flexibility index (Phi) is 8.66. The zero-order chi connectivity index (χ0) is 13.1. The third kappa shape index (κ3) is 6.25. The second-order valence-corrected chi connectivity index (χ2v) is 5.08. The van der Waals surface area contributed by atoms with Gasteiger partial charge in [-0.2, -0.15) is 0 Å². The molecular weight excluding hydrogens is 222 g/mol. The van der Waals surface area contributed by atoms with E-state index in [0.717, 1.165) is 12.3 Å². The van der Waals surface area contributed by atoms with E-state index in [1.165, 1.54) is 51.4 Å². The minimum absolute atomic E-state index is 0.408. The molecular formula is C16H29NO. The van der Waals surface area contributed by atoms with E-state index >= 15 is 0 Å². The molecule has 0 amide bonds. The molecule has 0 radical (unpaired) electrons. The first-order valence-corrected chi connectivity index (χ1v) is 7.65. The van der Waals surface area contributed by atoms with E-state index < -0.39 is 0 Å². The van der Waals surface area contributed by atoms with Crippen LogP contribution < -0.4 is 5.32 Å². The Labute approximate surface area is 112 Å². The summed E-state index contributed by atoms with van der Waals surface area (Å²) < 4.78 is 5.53. The Morgan fingerprint density at radius 3 is 2.50 bits per heavy atom. The van der Waals surface area contributed by atoms with Crippen molar-refractivity contribution in [2.45, 2.75) is 71.3 Å². The van der Waals surface area contributed by atoms with Crippen molar-refractivity contribution in [1.29, 1.82) is 0 Å². The average Bonchev–Trinajstić information content (AvgIpc) is 2.91. The van der Waals surface area contributed by atoms with Gasteiger partial charge < -0.3 is 9.73 Å². The lowest BCUT2D eigenvalue weighted by molar-refractivity contribution is 0.384. The number of furan rings is 1. The van der Waals surface area contributed by atoms with Crippen LogP contribution in [-0.4, -0.2) is 6.54 Å². The van der Waals surface area contributed by atoms with Crippen LogP contribution >= 0.6 is 0 Å². The lowest BCUT2D eigenvalue weighted by atomic mass is 10.0. The fourth-order valence-electron chi connectivity index (χ4n) is 2.28. The molecule has 0 aromatic carbocycles. The van der Waals surface area contributed by atoms with Gasteiger partial charge in [-0.3, -0.25) is 0 Å². The van der Waals surface area contributed by atoms with E-state index in [9.17, 15) is 0 Å². The zero-order valence-corrected chi connectivity index (χ0v) is 12.1. The highest BCUT2D eigenvalue weighted by Crippen LogP contribution is 2.20. The largest absolute Gasteiger partial charge is 0.468 e. The molecule has 2 nitrogen and oxygen atoms in total. The SMILES string of the molecule is CCCCCCCCC(NCCC)c1ccco1. The molecule has 2 heteroatoms. The predicted octanol–water partition coefficient (Wildman–Crippen LogP) is 5.07. The van der Waals surface area contributed by atoms with Crippen LogP contribution in [0.5, 0.6) is 0 Å². The maximum Gasteiger partial charge on any atom is 0.120 e. The summed E-state index contributed by atoms with van der Waals surface area (Å²) in [5, 5.41) is 3.58. The Morgan fingerprint density at radius 2 is 1.83 bits per heavy atom. The average molecular weight is 251 g/mol. The van der Waals surface area contributed by atoms with Crippen molar-refractivity contribution in [3.63, 3.8) is 0 Å². The van der Waals surface area contributed by atoms with Crippen LogP contribution in [-0.2, 0) is 0 Å². The van der Waals surface area contributed by atoms with Crippen molar-refractivity contribution in [1.82, 2.24) is 5.32 Å². The summed E-state index contributed by atoms with van der Waals surface area (Å²) in [6, 6.07) is 4.48. The van der Waals surface area contributed by atoms with Crippen LogP contribution in [0.25, 0.3) is 0 Å².